The summed E-state index contributed by atoms with van der Waals surface area (Å²) < 4.78 is 11.4. The van der Waals surface area contributed by atoms with Gasteiger partial charge < -0.3 is 4.74 Å². The Bertz CT molecular complexity index is 2950. The lowest BCUT2D eigenvalue weighted by molar-refractivity contribution is 0.271. The molecule has 0 amide bonds. The van der Waals surface area contributed by atoms with E-state index < -0.39 is 0 Å². The Morgan fingerprint density at radius 3 is 2.08 bits per heavy atom. The molecule has 0 bridgehead atoms. The molecule has 0 N–H and O–H groups in total. The normalized spacial score (nSPS) is 13.7. The van der Waals surface area contributed by atoms with Crippen molar-refractivity contribution in [2.24, 2.45) is 11.8 Å². The lowest BCUT2D eigenvalue weighted by Gasteiger charge is -2.46. The molecular formula is C48H42N4O. The van der Waals surface area contributed by atoms with Crippen molar-refractivity contribution in [1.82, 2.24) is 18.9 Å². The van der Waals surface area contributed by atoms with Crippen LogP contribution in [0.15, 0.2) is 116 Å². The van der Waals surface area contributed by atoms with Gasteiger partial charge in [-0.1, -0.05) is 87.9 Å². The molecule has 9 aromatic rings. The zero-order valence-electron chi connectivity index (χ0n) is 31.3. The number of benzene rings is 5. The molecule has 5 nitrogen and oxygen atoms in total. The van der Waals surface area contributed by atoms with Gasteiger partial charge in [0.1, 0.15) is 23.0 Å². The molecule has 0 aliphatic carbocycles. The minimum atomic E-state index is -0.156. The molecule has 1 aliphatic heterocycles. The van der Waals surface area contributed by atoms with Crippen molar-refractivity contribution < 1.29 is 4.74 Å². The van der Waals surface area contributed by atoms with E-state index in [0.29, 0.717) is 11.8 Å². The number of rotatable bonds is 5. The van der Waals surface area contributed by atoms with E-state index in [1.54, 1.807) is 0 Å². The Labute approximate surface area is 309 Å². The number of para-hydroxylation sites is 2. The first-order valence-corrected chi connectivity index (χ1v) is 18.8. The number of hydrogen-bond donors (Lipinski definition) is 0. The minimum absolute atomic E-state index is 0.156. The van der Waals surface area contributed by atoms with Crippen molar-refractivity contribution in [3.8, 4) is 28.6 Å². The van der Waals surface area contributed by atoms with E-state index >= 15 is 0 Å². The molecule has 0 spiro atoms. The molecule has 0 fully saturated rings. The Hall–Kier alpha value is -5.94. The van der Waals surface area contributed by atoms with E-state index in [2.05, 4.69) is 167 Å². The minimum Gasteiger partial charge on any atom is -0.457 e. The molecule has 0 unspecified atom stereocenters. The summed E-state index contributed by atoms with van der Waals surface area (Å²) in [5.74, 6) is 3.34. The van der Waals surface area contributed by atoms with Crippen LogP contribution >= 0.6 is 0 Å². The predicted octanol–water partition coefficient (Wildman–Crippen LogP) is 12.4. The van der Waals surface area contributed by atoms with Crippen LogP contribution in [0.25, 0.3) is 66.2 Å². The van der Waals surface area contributed by atoms with Gasteiger partial charge in [0, 0.05) is 56.5 Å². The topological polar surface area (TPSA) is 44.4 Å². The summed E-state index contributed by atoms with van der Waals surface area (Å²) >= 11 is 0. The van der Waals surface area contributed by atoms with E-state index in [9.17, 15) is 0 Å². The SMILES string of the molecule is Cc1cc(C)c(-c2cn3c4ccccc4c4ccc(Oc5ccc6c7cccc8c7n(c6c5)-c5ncccc5C8(C(C)C)C(C)C)cc4c3n2)c(C)c1. The number of pyridine rings is 2. The number of aromatic nitrogens is 4. The second kappa shape index (κ2) is 11.3. The fourth-order valence-electron chi connectivity index (χ4n) is 10.1. The first-order valence-electron chi connectivity index (χ1n) is 18.8. The highest BCUT2D eigenvalue weighted by Gasteiger charge is 2.47. The maximum atomic E-state index is 6.78. The predicted molar refractivity (Wildman–Crippen MR) is 219 cm³/mol. The Morgan fingerprint density at radius 2 is 1.30 bits per heavy atom. The van der Waals surface area contributed by atoms with Crippen molar-refractivity contribution in [1.29, 1.82) is 0 Å². The molecule has 4 aromatic heterocycles. The van der Waals surface area contributed by atoms with E-state index in [4.69, 9.17) is 14.7 Å². The average Bonchev–Trinajstić information content (AvgIpc) is 3.72. The van der Waals surface area contributed by atoms with Gasteiger partial charge in [0.15, 0.2) is 0 Å². The first kappa shape index (κ1) is 31.8. The molecule has 0 radical (unpaired) electrons. The highest BCUT2D eigenvalue weighted by atomic mass is 16.5. The summed E-state index contributed by atoms with van der Waals surface area (Å²) in [7, 11) is 0. The van der Waals surface area contributed by atoms with Crippen molar-refractivity contribution in [3.05, 3.63) is 143 Å². The number of hydrogen-bond acceptors (Lipinski definition) is 3. The first-order chi connectivity index (χ1) is 25.7. The van der Waals surface area contributed by atoms with Gasteiger partial charge in [-0.05, 0) is 97.1 Å². The van der Waals surface area contributed by atoms with Gasteiger partial charge in [-0.3, -0.25) is 8.97 Å². The lowest BCUT2D eigenvalue weighted by atomic mass is 9.59. The van der Waals surface area contributed by atoms with E-state index in [1.165, 1.54) is 55.1 Å². The second-order valence-corrected chi connectivity index (χ2v) is 15.7. The van der Waals surface area contributed by atoms with Gasteiger partial charge >= 0.3 is 0 Å². The zero-order valence-corrected chi connectivity index (χ0v) is 31.3. The second-order valence-electron chi connectivity index (χ2n) is 15.7. The molecule has 0 saturated carbocycles. The number of imidazole rings is 1. The van der Waals surface area contributed by atoms with E-state index in [0.717, 1.165) is 50.5 Å². The van der Waals surface area contributed by atoms with Crippen molar-refractivity contribution in [2.45, 2.75) is 53.9 Å². The molecule has 5 aromatic carbocycles. The van der Waals surface area contributed by atoms with Crippen LogP contribution in [0.2, 0.25) is 0 Å². The Morgan fingerprint density at radius 1 is 0.623 bits per heavy atom. The smallest absolute Gasteiger partial charge is 0.146 e. The molecule has 53 heavy (non-hydrogen) atoms. The number of ether oxygens (including phenoxy) is 1. The molecular weight excluding hydrogens is 649 g/mol. The van der Waals surface area contributed by atoms with Crippen LogP contribution in [0.4, 0.5) is 0 Å². The van der Waals surface area contributed by atoms with Crippen LogP contribution in [0, 0.1) is 32.6 Å². The Kier molecular flexibility index (Phi) is 6.76. The number of nitrogens with zero attached hydrogens (tertiary/aromatic N) is 4. The molecule has 1 aliphatic rings. The monoisotopic (exact) mass is 690 g/mol. The quantitative estimate of drug-likeness (QED) is 0.169. The third kappa shape index (κ3) is 4.31. The highest BCUT2D eigenvalue weighted by Crippen LogP contribution is 2.54. The van der Waals surface area contributed by atoms with Gasteiger partial charge in [-0.15, -0.1) is 0 Å². The third-order valence-corrected chi connectivity index (χ3v) is 12.0. The number of fused-ring (bicyclic) bond motifs is 11. The average molecular weight is 691 g/mol. The standard InChI is InChI=1S/C48H42N4O/c1-27(2)48(28(3)4)39-14-10-13-37-36-20-18-33(25-43(36)52(45(37)39)47-40(48)15-11-21-49-47)53-32-17-19-34-35-12-8-9-16-42(35)51-26-41(50-46(51)38(34)24-32)44-30(6)22-29(5)23-31(44)7/h8-28H,1-7H3. The van der Waals surface area contributed by atoms with Gasteiger partial charge in [-0.2, -0.15) is 0 Å². The molecule has 0 saturated heterocycles. The van der Waals surface area contributed by atoms with Gasteiger partial charge in [-0.25, -0.2) is 9.97 Å². The largest absolute Gasteiger partial charge is 0.457 e. The van der Waals surface area contributed by atoms with Gasteiger partial charge in [0.25, 0.3) is 0 Å². The summed E-state index contributed by atoms with van der Waals surface area (Å²) in [4.78, 5) is 10.4. The van der Waals surface area contributed by atoms with Crippen molar-refractivity contribution in [2.75, 3.05) is 0 Å². The van der Waals surface area contributed by atoms with Crippen LogP contribution in [-0.2, 0) is 5.41 Å². The maximum absolute atomic E-state index is 6.78. The number of aryl methyl sites for hydroxylation is 3. The van der Waals surface area contributed by atoms with Gasteiger partial charge in [0.05, 0.1) is 22.2 Å². The lowest BCUT2D eigenvalue weighted by Crippen LogP contribution is -2.42. The van der Waals surface area contributed by atoms with E-state index in [-0.39, 0.29) is 5.41 Å². The van der Waals surface area contributed by atoms with Crippen molar-refractivity contribution >= 4 is 49.1 Å². The fraction of sp³-hybridized carbons (Fsp3) is 0.208. The third-order valence-electron chi connectivity index (χ3n) is 12.0. The summed E-state index contributed by atoms with van der Waals surface area (Å²) in [5.41, 5.74) is 12.8. The molecule has 5 heteroatoms. The summed E-state index contributed by atoms with van der Waals surface area (Å²) in [6, 6.07) is 37.2. The molecule has 0 atom stereocenters. The van der Waals surface area contributed by atoms with Crippen LogP contribution < -0.4 is 4.74 Å². The van der Waals surface area contributed by atoms with Crippen LogP contribution in [0.3, 0.4) is 0 Å². The Balaban J connectivity index is 1.16. The van der Waals surface area contributed by atoms with Crippen LogP contribution in [0.1, 0.15) is 55.5 Å². The molecule has 10 rings (SSSR count). The van der Waals surface area contributed by atoms with Gasteiger partial charge in [0.2, 0.25) is 0 Å². The van der Waals surface area contributed by atoms with Crippen LogP contribution in [-0.4, -0.2) is 18.9 Å². The summed E-state index contributed by atoms with van der Waals surface area (Å²) in [6.45, 7) is 15.9. The molecule has 260 valence electrons. The zero-order chi connectivity index (χ0) is 36.3. The fourth-order valence-corrected chi connectivity index (χ4v) is 10.1. The molecule has 5 heterocycles. The highest BCUT2D eigenvalue weighted by molar-refractivity contribution is 6.13. The van der Waals surface area contributed by atoms with Crippen LogP contribution in [0.5, 0.6) is 11.5 Å². The van der Waals surface area contributed by atoms with Crippen molar-refractivity contribution in [3.63, 3.8) is 0 Å². The van der Waals surface area contributed by atoms with E-state index in [1.807, 2.05) is 6.20 Å². The summed E-state index contributed by atoms with van der Waals surface area (Å²) in [5, 5.41) is 5.85. The maximum Gasteiger partial charge on any atom is 0.146 e. The summed E-state index contributed by atoms with van der Waals surface area (Å²) in [6.07, 6.45) is 4.12.